The van der Waals surface area contributed by atoms with Crippen LogP contribution in [0.2, 0.25) is 0 Å². The first-order chi connectivity index (χ1) is 9.08. The molecule has 1 saturated carbocycles. The Bertz CT molecular complexity index is 427. The molecule has 0 spiro atoms. The summed E-state index contributed by atoms with van der Waals surface area (Å²) >= 11 is 3.69. The predicted octanol–water partition coefficient (Wildman–Crippen LogP) is 4.10. The molecule has 0 bridgehead atoms. The minimum absolute atomic E-state index is 0.0434. The third-order valence-electron chi connectivity index (χ3n) is 3.93. The predicted molar refractivity (Wildman–Crippen MR) is 82.9 cm³/mol. The highest BCUT2D eigenvalue weighted by Crippen LogP contribution is 2.30. The van der Waals surface area contributed by atoms with Crippen molar-refractivity contribution in [3.63, 3.8) is 0 Å². The van der Waals surface area contributed by atoms with Crippen molar-refractivity contribution >= 4 is 21.8 Å². The molecule has 0 aromatic heterocycles. The Hall–Kier alpha value is -0.830. The highest BCUT2D eigenvalue weighted by Gasteiger charge is 2.25. The minimum atomic E-state index is 0.0434. The topological polar surface area (TPSA) is 29.1 Å². The van der Waals surface area contributed by atoms with E-state index in [-0.39, 0.29) is 5.91 Å². The fraction of sp³-hybridized carbons (Fsp3) is 0.562. The van der Waals surface area contributed by atoms with E-state index in [4.69, 9.17) is 0 Å². The van der Waals surface area contributed by atoms with Crippen molar-refractivity contribution in [2.45, 2.75) is 43.9 Å². The quantitative estimate of drug-likeness (QED) is 0.830. The summed E-state index contributed by atoms with van der Waals surface area (Å²) in [6.07, 6.45) is 3.70. The SMILES string of the molecule is CC(C)c1ccc(C(=O)NCC2CCCC2Br)cc1. The Morgan fingerprint density at radius 1 is 1.32 bits per heavy atom. The van der Waals surface area contributed by atoms with Crippen LogP contribution in [-0.4, -0.2) is 17.3 Å². The van der Waals surface area contributed by atoms with Crippen LogP contribution >= 0.6 is 15.9 Å². The fourth-order valence-corrected chi connectivity index (χ4v) is 3.34. The van der Waals surface area contributed by atoms with Gasteiger partial charge in [-0.2, -0.15) is 0 Å². The van der Waals surface area contributed by atoms with Crippen molar-refractivity contribution in [3.05, 3.63) is 35.4 Å². The zero-order chi connectivity index (χ0) is 13.8. The highest BCUT2D eigenvalue weighted by molar-refractivity contribution is 9.09. The van der Waals surface area contributed by atoms with Crippen LogP contribution in [0.3, 0.4) is 0 Å². The molecular weight excluding hydrogens is 302 g/mol. The van der Waals surface area contributed by atoms with Gasteiger partial charge in [-0.3, -0.25) is 4.79 Å². The molecule has 2 nitrogen and oxygen atoms in total. The maximum Gasteiger partial charge on any atom is 0.251 e. The average Bonchev–Trinajstić information content (AvgIpc) is 2.81. The second-order valence-corrected chi connectivity index (χ2v) is 6.87. The lowest BCUT2D eigenvalue weighted by molar-refractivity contribution is 0.0948. The van der Waals surface area contributed by atoms with Gasteiger partial charge in [0.15, 0.2) is 0 Å². The molecule has 1 aromatic rings. The molecule has 1 amide bonds. The summed E-state index contributed by atoms with van der Waals surface area (Å²) in [4.78, 5) is 12.6. The molecule has 2 rings (SSSR count). The maximum absolute atomic E-state index is 12.1. The van der Waals surface area contributed by atoms with Gasteiger partial charge in [-0.15, -0.1) is 0 Å². The summed E-state index contributed by atoms with van der Waals surface area (Å²) < 4.78 is 0. The standard InChI is InChI=1S/C16H22BrNO/c1-11(2)12-6-8-13(9-7-12)16(19)18-10-14-4-3-5-15(14)17/h6-9,11,14-15H,3-5,10H2,1-2H3,(H,18,19). The third kappa shape index (κ3) is 3.82. The lowest BCUT2D eigenvalue weighted by Gasteiger charge is -2.15. The van der Waals surface area contributed by atoms with E-state index in [1.165, 1.54) is 24.8 Å². The van der Waals surface area contributed by atoms with Gasteiger partial charge in [0.2, 0.25) is 0 Å². The Kier molecular flexibility index (Phi) is 5.03. The molecule has 1 fully saturated rings. The zero-order valence-electron chi connectivity index (χ0n) is 11.7. The van der Waals surface area contributed by atoms with Crippen LogP contribution in [-0.2, 0) is 0 Å². The molecule has 0 heterocycles. The van der Waals surface area contributed by atoms with Crippen LogP contribution in [0.4, 0.5) is 0 Å². The van der Waals surface area contributed by atoms with Crippen molar-refractivity contribution in [2.24, 2.45) is 5.92 Å². The molecule has 0 radical (unpaired) electrons. The largest absolute Gasteiger partial charge is 0.352 e. The number of hydrogen-bond donors (Lipinski definition) is 1. The minimum Gasteiger partial charge on any atom is -0.352 e. The smallest absolute Gasteiger partial charge is 0.251 e. The number of amides is 1. The van der Waals surface area contributed by atoms with E-state index >= 15 is 0 Å². The molecule has 2 atom stereocenters. The molecule has 1 N–H and O–H groups in total. The fourth-order valence-electron chi connectivity index (χ4n) is 2.57. The van der Waals surface area contributed by atoms with Crippen molar-refractivity contribution in [2.75, 3.05) is 6.54 Å². The number of carbonyl (C=O) groups excluding carboxylic acids is 1. The third-order valence-corrected chi connectivity index (χ3v) is 5.14. The number of alkyl halides is 1. The number of benzene rings is 1. The Balaban J connectivity index is 1.89. The number of carbonyl (C=O) groups is 1. The number of halogens is 1. The number of nitrogens with one attached hydrogen (secondary N) is 1. The monoisotopic (exact) mass is 323 g/mol. The lowest BCUT2D eigenvalue weighted by Crippen LogP contribution is -2.30. The van der Waals surface area contributed by atoms with E-state index in [0.29, 0.717) is 16.7 Å². The van der Waals surface area contributed by atoms with Gasteiger partial charge < -0.3 is 5.32 Å². The molecular formula is C16H22BrNO. The molecule has 104 valence electrons. The van der Waals surface area contributed by atoms with Crippen LogP contribution in [0.5, 0.6) is 0 Å². The van der Waals surface area contributed by atoms with E-state index in [1.807, 2.05) is 24.3 Å². The summed E-state index contributed by atoms with van der Waals surface area (Å²) in [5.41, 5.74) is 2.03. The first kappa shape index (κ1) is 14.6. The van der Waals surface area contributed by atoms with Crippen molar-refractivity contribution < 1.29 is 4.79 Å². The van der Waals surface area contributed by atoms with Crippen molar-refractivity contribution in [3.8, 4) is 0 Å². The van der Waals surface area contributed by atoms with Gasteiger partial charge in [0.05, 0.1) is 0 Å². The van der Waals surface area contributed by atoms with Crippen molar-refractivity contribution in [1.29, 1.82) is 0 Å². The zero-order valence-corrected chi connectivity index (χ0v) is 13.2. The second kappa shape index (κ2) is 6.56. The number of rotatable bonds is 4. The molecule has 1 aliphatic rings. The second-order valence-electron chi connectivity index (χ2n) is 5.69. The van der Waals surface area contributed by atoms with Gasteiger partial charge in [0.25, 0.3) is 5.91 Å². The maximum atomic E-state index is 12.1. The molecule has 3 heteroatoms. The average molecular weight is 324 g/mol. The van der Waals surface area contributed by atoms with Crippen LogP contribution in [0.1, 0.15) is 54.9 Å². The van der Waals surface area contributed by atoms with E-state index in [0.717, 1.165) is 12.1 Å². The first-order valence-corrected chi connectivity index (χ1v) is 8.01. The van der Waals surface area contributed by atoms with Crippen LogP contribution < -0.4 is 5.32 Å². The molecule has 0 saturated heterocycles. The van der Waals surface area contributed by atoms with Crippen LogP contribution in [0, 0.1) is 5.92 Å². The van der Waals surface area contributed by atoms with Gasteiger partial charge in [0.1, 0.15) is 0 Å². The first-order valence-electron chi connectivity index (χ1n) is 7.10. The van der Waals surface area contributed by atoms with Gasteiger partial charge in [0, 0.05) is 16.9 Å². The van der Waals surface area contributed by atoms with Crippen LogP contribution in [0.15, 0.2) is 24.3 Å². The van der Waals surface area contributed by atoms with Crippen molar-refractivity contribution in [1.82, 2.24) is 5.32 Å². The van der Waals surface area contributed by atoms with E-state index < -0.39 is 0 Å². The highest BCUT2D eigenvalue weighted by atomic mass is 79.9. The van der Waals surface area contributed by atoms with E-state index in [9.17, 15) is 4.79 Å². The van der Waals surface area contributed by atoms with E-state index in [2.05, 4.69) is 35.1 Å². The molecule has 1 aromatic carbocycles. The Labute approximate surface area is 124 Å². The molecule has 0 aliphatic heterocycles. The summed E-state index contributed by atoms with van der Waals surface area (Å²) in [5, 5.41) is 3.05. The summed E-state index contributed by atoms with van der Waals surface area (Å²) in [5.74, 6) is 1.13. The summed E-state index contributed by atoms with van der Waals surface area (Å²) in [6, 6.07) is 7.93. The summed E-state index contributed by atoms with van der Waals surface area (Å²) in [7, 11) is 0. The Morgan fingerprint density at radius 3 is 2.53 bits per heavy atom. The molecule has 19 heavy (non-hydrogen) atoms. The number of hydrogen-bond acceptors (Lipinski definition) is 1. The van der Waals surface area contributed by atoms with E-state index in [1.54, 1.807) is 0 Å². The molecule has 2 unspecified atom stereocenters. The van der Waals surface area contributed by atoms with Gasteiger partial charge in [-0.05, 0) is 42.4 Å². The summed E-state index contributed by atoms with van der Waals surface area (Å²) in [6.45, 7) is 5.09. The van der Waals surface area contributed by atoms with Gasteiger partial charge in [-0.25, -0.2) is 0 Å². The molecule has 1 aliphatic carbocycles. The normalized spacial score (nSPS) is 22.7. The van der Waals surface area contributed by atoms with Crippen LogP contribution in [0.25, 0.3) is 0 Å². The lowest BCUT2D eigenvalue weighted by atomic mass is 10.0. The van der Waals surface area contributed by atoms with Gasteiger partial charge >= 0.3 is 0 Å². The van der Waals surface area contributed by atoms with Gasteiger partial charge in [-0.1, -0.05) is 48.3 Å². The Morgan fingerprint density at radius 2 is 2.00 bits per heavy atom.